The Kier molecular flexibility index (Phi) is 10.7. The molecule has 4 aromatic rings. The van der Waals surface area contributed by atoms with Gasteiger partial charge in [0.2, 0.25) is 5.91 Å². The van der Waals surface area contributed by atoms with Crippen molar-refractivity contribution in [1.29, 1.82) is 0 Å². The van der Waals surface area contributed by atoms with Crippen LogP contribution >= 0.6 is 23.1 Å². The van der Waals surface area contributed by atoms with Gasteiger partial charge in [0.25, 0.3) is 11.8 Å². The minimum Gasteiger partial charge on any atom is -0.462 e. The largest absolute Gasteiger partial charge is 0.462 e. The summed E-state index contributed by atoms with van der Waals surface area (Å²) in [7, 11) is 0. The van der Waals surface area contributed by atoms with Gasteiger partial charge in [-0.3, -0.25) is 14.4 Å². The Labute approximate surface area is 252 Å². The van der Waals surface area contributed by atoms with Crippen LogP contribution in [0.5, 0.6) is 0 Å². The Morgan fingerprint density at radius 1 is 0.857 bits per heavy atom. The number of carbonyl (C=O) groups excluding carboxylic acids is 4. The van der Waals surface area contributed by atoms with E-state index in [0.29, 0.717) is 22.5 Å². The standard InChI is InChI=1S/C32H29N3O5S2/c1-3-40-32(39)23-14-16-24(17-15-23)33-29(36)21(2)42-27-12-7-11-25(19-27)34-31(38)28(20-26-13-8-18-41-26)35-30(37)22-9-5-4-6-10-22/h4-21H,3H2,1-2H3,(H,33,36)(H,34,38)(H,35,37)/b28-20-. The molecule has 10 heteroatoms. The van der Waals surface area contributed by atoms with E-state index in [1.54, 1.807) is 86.7 Å². The molecule has 4 rings (SSSR count). The van der Waals surface area contributed by atoms with Crippen molar-refractivity contribution in [3.8, 4) is 0 Å². The minimum atomic E-state index is -0.480. The second-order valence-corrected chi connectivity index (χ2v) is 11.3. The van der Waals surface area contributed by atoms with Crippen LogP contribution in [0.3, 0.4) is 0 Å². The first-order chi connectivity index (χ1) is 20.3. The molecular weight excluding hydrogens is 571 g/mol. The van der Waals surface area contributed by atoms with E-state index in [1.807, 2.05) is 29.6 Å². The molecule has 3 aromatic carbocycles. The molecule has 42 heavy (non-hydrogen) atoms. The number of nitrogens with one attached hydrogen (secondary N) is 3. The fourth-order valence-corrected chi connectivity index (χ4v) is 5.29. The lowest BCUT2D eigenvalue weighted by molar-refractivity contribution is -0.115. The Morgan fingerprint density at radius 2 is 1.62 bits per heavy atom. The van der Waals surface area contributed by atoms with Crippen LogP contribution in [0.1, 0.15) is 39.4 Å². The number of amides is 3. The van der Waals surface area contributed by atoms with E-state index in [2.05, 4.69) is 16.0 Å². The maximum atomic E-state index is 13.3. The molecule has 0 aliphatic rings. The first-order valence-corrected chi connectivity index (χ1v) is 14.9. The molecule has 0 fully saturated rings. The third-order valence-corrected chi connectivity index (χ3v) is 7.71. The van der Waals surface area contributed by atoms with Crippen LogP contribution in [-0.2, 0) is 14.3 Å². The van der Waals surface area contributed by atoms with Crippen molar-refractivity contribution in [2.75, 3.05) is 17.2 Å². The summed E-state index contributed by atoms with van der Waals surface area (Å²) in [5, 5.41) is 9.85. The Bertz CT molecular complexity index is 1570. The lowest BCUT2D eigenvalue weighted by Gasteiger charge is -2.14. The lowest BCUT2D eigenvalue weighted by Crippen LogP contribution is -2.30. The molecule has 0 bridgehead atoms. The zero-order valence-electron chi connectivity index (χ0n) is 23.0. The molecule has 0 spiro atoms. The zero-order chi connectivity index (χ0) is 29.9. The van der Waals surface area contributed by atoms with E-state index in [-0.39, 0.29) is 18.2 Å². The number of ether oxygens (including phenoxy) is 1. The molecular formula is C32H29N3O5S2. The fourth-order valence-electron chi connectivity index (χ4n) is 3.71. The fraction of sp³-hybridized carbons (Fsp3) is 0.125. The second-order valence-electron chi connectivity index (χ2n) is 8.92. The van der Waals surface area contributed by atoms with Gasteiger partial charge in [-0.05, 0) is 86.0 Å². The molecule has 1 unspecified atom stereocenters. The molecule has 214 valence electrons. The summed E-state index contributed by atoms with van der Waals surface area (Å²) in [4.78, 5) is 52.3. The number of esters is 1. The number of benzene rings is 3. The molecule has 0 aliphatic carbocycles. The Morgan fingerprint density at radius 3 is 2.31 bits per heavy atom. The summed E-state index contributed by atoms with van der Waals surface area (Å²) in [5.41, 5.74) is 2.01. The van der Waals surface area contributed by atoms with Crippen molar-refractivity contribution in [1.82, 2.24) is 5.32 Å². The van der Waals surface area contributed by atoms with Crippen molar-refractivity contribution in [3.05, 3.63) is 118 Å². The summed E-state index contributed by atoms with van der Waals surface area (Å²) in [6.07, 6.45) is 1.63. The third-order valence-electron chi connectivity index (χ3n) is 5.80. The summed E-state index contributed by atoms with van der Waals surface area (Å²) in [6.45, 7) is 3.80. The van der Waals surface area contributed by atoms with Gasteiger partial charge in [-0.2, -0.15) is 0 Å². The van der Waals surface area contributed by atoms with Gasteiger partial charge >= 0.3 is 5.97 Å². The van der Waals surface area contributed by atoms with Crippen LogP contribution in [-0.4, -0.2) is 35.5 Å². The molecule has 0 aliphatic heterocycles. The maximum Gasteiger partial charge on any atom is 0.338 e. The highest BCUT2D eigenvalue weighted by molar-refractivity contribution is 8.00. The van der Waals surface area contributed by atoms with E-state index >= 15 is 0 Å². The molecule has 3 amide bonds. The Balaban J connectivity index is 1.40. The smallest absolute Gasteiger partial charge is 0.338 e. The van der Waals surface area contributed by atoms with Crippen LogP contribution in [0.25, 0.3) is 6.08 Å². The lowest BCUT2D eigenvalue weighted by atomic mass is 10.2. The SMILES string of the molecule is CCOC(=O)c1ccc(NC(=O)C(C)Sc2cccc(NC(=O)/C(=C/c3cccs3)NC(=O)c3ccccc3)c2)cc1. The topological polar surface area (TPSA) is 114 Å². The van der Waals surface area contributed by atoms with Crippen LogP contribution in [0.4, 0.5) is 11.4 Å². The third kappa shape index (κ3) is 8.66. The molecule has 1 aromatic heterocycles. The van der Waals surface area contributed by atoms with E-state index in [4.69, 9.17) is 4.74 Å². The number of anilines is 2. The van der Waals surface area contributed by atoms with Crippen molar-refractivity contribution < 1.29 is 23.9 Å². The van der Waals surface area contributed by atoms with E-state index in [9.17, 15) is 19.2 Å². The van der Waals surface area contributed by atoms with Crippen molar-refractivity contribution in [2.24, 2.45) is 0 Å². The van der Waals surface area contributed by atoms with Gasteiger partial charge in [0.15, 0.2) is 0 Å². The summed E-state index contributed by atoms with van der Waals surface area (Å²) in [5.74, 6) is -1.51. The number of carbonyl (C=O) groups is 4. The average Bonchev–Trinajstić information content (AvgIpc) is 3.51. The summed E-state index contributed by atoms with van der Waals surface area (Å²) >= 11 is 2.77. The van der Waals surface area contributed by atoms with Gasteiger partial charge in [-0.25, -0.2) is 4.79 Å². The van der Waals surface area contributed by atoms with Crippen LogP contribution in [0, 0.1) is 0 Å². The van der Waals surface area contributed by atoms with Gasteiger partial charge in [0.1, 0.15) is 5.70 Å². The summed E-state index contributed by atoms with van der Waals surface area (Å²) in [6, 6.07) is 26.0. The molecule has 0 radical (unpaired) electrons. The average molecular weight is 600 g/mol. The number of rotatable bonds is 11. The molecule has 0 saturated carbocycles. The number of hydrogen-bond acceptors (Lipinski definition) is 7. The number of thioether (sulfide) groups is 1. The first kappa shape index (κ1) is 30.3. The minimum absolute atomic E-state index is 0.103. The van der Waals surface area contributed by atoms with E-state index < -0.39 is 23.0 Å². The zero-order valence-corrected chi connectivity index (χ0v) is 24.6. The molecule has 3 N–H and O–H groups in total. The molecule has 1 atom stereocenters. The number of thiophene rings is 1. The van der Waals surface area contributed by atoms with Gasteiger partial charge in [0.05, 0.1) is 17.4 Å². The van der Waals surface area contributed by atoms with Crippen LogP contribution < -0.4 is 16.0 Å². The predicted molar refractivity (Wildman–Crippen MR) is 168 cm³/mol. The normalized spacial score (nSPS) is 11.7. The second kappa shape index (κ2) is 14.8. The first-order valence-electron chi connectivity index (χ1n) is 13.1. The Hall–Kier alpha value is -4.67. The van der Waals surface area contributed by atoms with E-state index in [0.717, 1.165) is 9.77 Å². The highest BCUT2D eigenvalue weighted by atomic mass is 32.2. The van der Waals surface area contributed by atoms with Crippen LogP contribution in [0.2, 0.25) is 0 Å². The highest BCUT2D eigenvalue weighted by Crippen LogP contribution is 2.27. The number of hydrogen-bond donors (Lipinski definition) is 3. The van der Waals surface area contributed by atoms with Crippen LogP contribution in [0.15, 0.2) is 107 Å². The maximum absolute atomic E-state index is 13.3. The monoisotopic (exact) mass is 599 g/mol. The molecule has 0 saturated heterocycles. The van der Waals surface area contributed by atoms with Crippen molar-refractivity contribution in [2.45, 2.75) is 24.0 Å². The predicted octanol–water partition coefficient (Wildman–Crippen LogP) is 6.45. The van der Waals surface area contributed by atoms with E-state index in [1.165, 1.54) is 23.1 Å². The molecule has 1 heterocycles. The van der Waals surface area contributed by atoms with Gasteiger partial charge in [-0.15, -0.1) is 23.1 Å². The van der Waals surface area contributed by atoms with Gasteiger partial charge in [0, 0.05) is 26.7 Å². The van der Waals surface area contributed by atoms with Gasteiger partial charge < -0.3 is 20.7 Å². The highest BCUT2D eigenvalue weighted by Gasteiger charge is 2.18. The van der Waals surface area contributed by atoms with Gasteiger partial charge in [-0.1, -0.05) is 30.3 Å². The van der Waals surface area contributed by atoms with Crippen molar-refractivity contribution in [3.63, 3.8) is 0 Å². The molecule has 8 nitrogen and oxygen atoms in total. The summed E-state index contributed by atoms with van der Waals surface area (Å²) < 4.78 is 4.98. The van der Waals surface area contributed by atoms with Crippen molar-refractivity contribution >= 4 is 64.2 Å². The quantitative estimate of drug-likeness (QED) is 0.104.